The van der Waals surface area contributed by atoms with Crippen molar-refractivity contribution >= 4 is 57.5 Å². The summed E-state index contributed by atoms with van der Waals surface area (Å²) in [5, 5.41) is 10.0. The van der Waals surface area contributed by atoms with Crippen molar-refractivity contribution in [3.8, 4) is 17.0 Å². The zero-order valence-electron chi connectivity index (χ0n) is 32.9. The van der Waals surface area contributed by atoms with Gasteiger partial charge in [0, 0.05) is 106 Å². The highest BCUT2D eigenvalue weighted by molar-refractivity contribution is 6.01. The number of nitrogens with one attached hydrogen (secondary N) is 3. The zero-order valence-corrected chi connectivity index (χ0v) is 32.9. The fourth-order valence-electron chi connectivity index (χ4n) is 8.31. The topological polar surface area (TPSA) is 165 Å². The van der Waals surface area contributed by atoms with Crippen molar-refractivity contribution in [3.05, 3.63) is 95.8 Å². The second-order valence-electron chi connectivity index (χ2n) is 15.5. The van der Waals surface area contributed by atoms with Gasteiger partial charge in [0.2, 0.25) is 29.5 Å². The molecule has 15 nitrogen and oxygen atoms in total. The summed E-state index contributed by atoms with van der Waals surface area (Å²) in [6.45, 7) is 8.80. The molecule has 0 radical (unpaired) electrons. The fraction of sp³-hybridized carbons (Fsp3) is 0.341. The van der Waals surface area contributed by atoms with E-state index in [0.717, 1.165) is 69.9 Å². The molecule has 4 aliphatic heterocycles. The van der Waals surface area contributed by atoms with E-state index in [0.29, 0.717) is 82.7 Å². The van der Waals surface area contributed by atoms with Crippen molar-refractivity contribution in [2.45, 2.75) is 25.7 Å². The van der Waals surface area contributed by atoms with Gasteiger partial charge in [-0.2, -0.15) is 0 Å². The quantitative estimate of drug-likeness (QED) is 0.192. The number of aromatic nitrogens is 3. The Morgan fingerprint density at radius 3 is 2.39 bits per heavy atom. The van der Waals surface area contributed by atoms with Crippen LogP contribution in [-0.4, -0.2) is 125 Å². The third-order valence-corrected chi connectivity index (χ3v) is 11.8. The first kappa shape index (κ1) is 37.9. The van der Waals surface area contributed by atoms with Crippen LogP contribution in [0.5, 0.6) is 5.88 Å². The summed E-state index contributed by atoms with van der Waals surface area (Å²) in [4.78, 5) is 72.5. The number of hydrogen-bond acceptors (Lipinski definition) is 12. The number of rotatable bonds is 8. The van der Waals surface area contributed by atoms with E-state index in [1.54, 1.807) is 6.20 Å². The lowest BCUT2D eigenvalue weighted by atomic mass is 9.90. The van der Waals surface area contributed by atoms with Crippen LogP contribution in [-0.2, 0) is 14.4 Å². The number of piperazine rings is 2. The van der Waals surface area contributed by atoms with Gasteiger partial charge in [-0.3, -0.25) is 29.4 Å². The summed E-state index contributed by atoms with van der Waals surface area (Å²) in [6.07, 6.45) is 4.52. The average molecular weight is 795 g/mol. The molecule has 5 aromatic rings. The van der Waals surface area contributed by atoms with Crippen LogP contribution in [0.15, 0.2) is 79.1 Å². The molecular weight excluding hydrogens is 749 g/mol. The minimum atomic E-state index is -0.302. The molecule has 3 N–H and O–H groups in total. The summed E-state index contributed by atoms with van der Waals surface area (Å²) in [5.74, 6) is 0.402. The molecule has 15 heteroatoms. The van der Waals surface area contributed by atoms with Crippen molar-refractivity contribution in [2.75, 3.05) is 87.6 Å². The molecule has 59 heavy (non-hydrogen) atoms. The first-order chi connectivity index (χ1) is 28.8. The van der Waals surface area contributed by atoms with Gasteiger partial charge >= 0.3 is 0 Å². The molecule has 4 amide bonds. The highest BCUT2D eigenvalue weighted by Gasteiger charge is 2.29. The number of hydrogen-bond donors (Lipinski definition) is 3. The summed E-state index contributed by atoms with van der Waals surface area (Å²) >= 11 is 0. The number of anilines is 4. The van der Waals surface area contributed by atoms with E-state index in [9.17, 15) is 19.2 Å². The predicted molar refractivity (Wildman–Crippen MR) is 224 cm³/mol. The van der Waals surface area contributed by atoms with Gasteiger partial charge in [-0.15, -0.1) is 0 Å². The molecule has 0 bridgehead atoms. The Balaban J connectivity index is 0.739. The minimum Gasteiger partial charge on any atom is -0.474 e. The maximum Gasteiger partial charge on any atom is 0.253 e. The number of pyridine rings is 1. The van der Waals surface area contributed by atoms with Crippen LogP contribution in [0, 0.1) is 6.92 Å². The molecule has 0 spiro atoms. The maximum absolute atomic E-state index is 13.5. The summed E-state index contributed by atoms with van der Waals surface area (Å²) in [5.41, 5.74) is 8.13. The number of nitrogens with zero attached hydrogens (tertiary/aromatic N) is 7. The van der Waals surface area contributed by atoms with Gasteiger partial charge in [-0.05, 0) is 72.5 Å². The zero-order chi connectivity index (χ0) is 40.5. The third-order valence-electron chi connectivity index (χ3n) is 11.8. The van der Waals surface area contributed by atoms with Crippen LogP contribution in [0.1, 0.15) is 40.2 Å². The van der Waals surface area contributed by atoms with E-state index in [1.807, 2.05) is 76.7 Å². The number of amides is 4. The molecule has 0 aliphatic carbocycles. The molecule has 3 saturated heterocycles. The monoisotopic (exact) mass is 794 g/mol. The summed E-state index contributed by atoms with van der Waals surface area (Å²) in [6, 6.07) is 21.4. The van der Waals surface area contributed by atoms with Crippen LogP contribution in [0.4, 0.5) is 23.0 Å². The smallest absolute Gasteiger partial charge is 0.253 e. The number of carbonyl (C=O) groups excluding carboxylic acids is 4. The van der Waals surface area contributed by atoms with Gasteiger partial charge in [0.05, 0.1) is 18.0 Å². The maximum atomic E-state index is 13.5. The predicted octanol–water partition coefficient (Wildman–Crippen LogP) is 4.17. The standard InChI is InChI=1S/C44H46N10O5/c1-28-36(26-46-42-40(28)45-14-23-59-42)31-2-3-32-25-47-44(49-37(32)24-31)48-33-8-4-30(5-9-33)43(58)54-17-15-51(16-18-54)27-39(56)53-21-19-52(20-22-53)34-10-6-29(7-11-34)35-12-13-38(55)50-41(35)57/h2-11,24-26,35,45H,12-23,27H2,1H3,(H,47,48,49)(H,50,55,57). The van der Waals surface area contributed by atoms with Crippen molar-refractivity contribution in [2.24, 2.45) is 0 Å². The highest BCUT2D eigenvalue weighted by Crippen LogP contribution is 2.36. The van der Waals surface area contributed by atoms with Gasteiger partial charge in [-0.1, -0.05) is 24.3 Å². The fourth-order valence-corrected chi connectivity index (χ4v) is 8.31. The molecule has 1 unspecified atom stereocenters. The van der Waals surface area contributed by atoms with Crippen LogP contribution in [0.2, 0.25) is 0 Å². The Morgan fingerprint density at radius 2 is 1.63 bits per heavy atom. The number of carbonyl (C=O) groups is 4. The largest absolute Gasteiger partial charge is 0.474 e. The lowest BCUT2D eigenvalue weighted by Gasteiger charge is -2.38. The molecule has 1 atom stereocenters. The van der Waals surface area contributed by atoms with E-state index in [-0.39, 0.29) is 29.5 Å². The SMILES string of the molecule is Cc1c(-c2ccc3cnc(Nc4ccc(C(=O)N5CCN(CC(=O)N6CCN(c7ccc(C8CCC(=O)NC8=O)cc7)CC6)CC5)cc4)nc3c2)cnc2c1NCCO2. The molecule has 302 valence electrons. The lowest BCUT2D eigenvalue weighted by Crippen LogP contribution is -2.54. The molecule has 3 aromatic carbocycles. The molecule has 6 heterocycles. The van der Waals surface area contributed by atoms with Gasteiger partial charge in [-0.25, -0.2) is 15.0 Å². The number of piperidine rings is 1. The minimum absolute atomic E-state index is 0.0352. The van der Waals surface area contributed by atoms with E-state index >= 15 is 0 Å². The Morgan fingerprint density at radius 1 is 0.864 bits per heavy atom. The number of benzene rings is 3. The van der Waals surface area contributed by atoms with Crippen LogP contribution < -0.4 is 25.6 Å². The second kappa shape index (κ2) is 16.3. The molecule has 9 rings (SSSR count). The first-order valence-electron chi connectivity index (χ1n) is 20.2. The van der Waals surface area contributed by atoms with Crippen molar-refractivity contribution in [1.29, 1.82) is 0 Å². The van der Waals surface area contributed by atoms with Crippen LogP contribution >= 0.6 is 0 Å². The first-order valence-corrected chi connectivity index (χ1v) is 20.2. The Hall–Kier alpha value is -6.61. The Kier molecular flexibility index (Phi) is 10.5. The highest BCUT2D eigenvalue weighted by atomic mass is 16.5. The van der Waals surface area contributed by atoms with Gasteiger partial charge in [0.25, 0.3) is 5.91 Å². The molecular formula is C44H46N10O5. The molecule has 0 saturated carbocycles. The Bertz CT molecular complexity index is 2410. The van der Waals surface area contributed by atoms with Gasteiger partial charge in [0.15, 0.2) is 0 Å². The molecule has 3 fully saturated rings. The van der Waals surface area contributed by atoms with E-state index < -0.39 is 0 Å². The summed E-state index contributed by atoms with van der Waals surface area (Å²) in [7, 11) is 0. The normalized spacial score (nSPS) is 18.5. The second-order valence-corrected chi connectivity index (χ2v) is 15.5. The van der Waals surface area contributed by atoms with Gasteiger partial charge in [0.1, 0.15) is 12.3 Å². The lowest BCUT2D eigenvalue weighted by molar-refractivity contribution is -0.134. The van der Waals surface area contributed by atoms with Crippen LogP contribution in [0.3, 0.4) is 0 Å². The van der Waals surface area contributed by atoms with E-state index in [1.165, 1.54) is 0 Å². The van der Waals surface area contributed by atoms with Crippen LogP contribution in [0.25, 0.3) is 22.0 Å². The third kappa shape index (κ3) is 8.10. The average Bonchev–Trinajstić information content (AvgIpc) is 3.27. The van der Waals surface area contributed by atoms with Crippen molar-refractivity contribution in [3.63, 3.8) is 0 Å². The number of fused-ring (bicyclic) bond motifs is 2. The van der Waals surface area contributed by atoms with Crippen molar-refractivity contribution < 1.29 is 23.9 Å². The van der Waals surface area contributed by atoms with E-state index in [2.05, 4.69) is 48.7 Å². The van der Waals surface area contributed by atoms with E-state index in [4.69, 9.17) is 9.72 Å². The summed E-state index contributed by atoms with van der Waals surface area (Å²) < 4.78 is 5.70. The molecule has 2 aromatic heterocycles. The van der Waals surface area contributed by atoms with Gasteiger partial charge < -0.3 is 30.1 Å². The Labute approximate surface area is 341 Å². The number of ether oxygens (including phenoxy) is 1. The van der Waals surface area contributed by atoms with Crippen molar-refractivity contribution in [1.82, 2.24) is 35.0 Å². The molecule has 4 aliphatic rings. The number of imide groups is 1.